The molecule has 18 heteroatoms. The fourth-order valence-corrected chi connectivity index (χ4v) is 12.3. The number of H-pyrrole nitrogens is 4. The first-order valence-corrected chi connectivity index (χ1v) is 32.7. The van der Waals surface area contributed by atoms with E-state index in [1.165, 1.54) is 28.8 Å². The van der Waals surface area contributed by atoms with Crippen LogP contribution in [0.25, 0.3) is 129 Å². The van der Waals surface area contributed by atoms with Gasteiger partial charge in [-0.3, -0.25) is 0 Å². The third-order valence-corrected chi connectivity index (χ3v) is 17.3. The van der Waals surface area contributed by atoms with Crippen LogP contribution < -0.4 is 4.90 Å². The highest BCUT2D eigenvalue weighted by Crippen LogP contribution is 2.40. The summed E-state index contributed by atoms with van der Waals surface area (Å²) in [7, 11) is 4.06. The molecule has 0 saturated heterocycles. The number of aromatic nitrogens is 11. The second kappa shape index (κ2) is 29.3. The van der Waals surface area contributed by atoms with E-state index < -0.39 is 11.7 Å². The number of halogens is 3. The zero-order valence-electron chi connectivity index (χ0n) is 54.9. The first-order chi connectivity index (χ1) is 48.2. The van der Waals surface area contributed by atoms with Crippen LogP contribution in [0.4, 0.5) is 18.9 Å². The molecule has 490 valence electrons. The summed E-state index contributed by atoms with van der Waals surface area (Å²) in [6.45, 7) is 8.02. The van der Waals surface area contributed by atoms with Crippen LogP contribution in [0, 0.1) is 27.7 Å². The summed E-state index contributed by atoms with van der Waals surface area (Å²) in [6.07, 6.45) is -1.32. The normalized spacial score (nSPS) is 11.1. The van der Waals surface area contributed by atoms with Crippen LogP contribution in [0.2, 0.25) is 0 Å². The molecule has 0 radical (unpaired) electrons. The Bertz CT molecular complexity index is 5120. The number of hydrogen-bond acceptors (Lipinski definition) is 10. The zero-order valence-corrected chi connectivity index (χ0v) is 55.7. The largest absolute Gasteiger partial charge is 0.464 e. The van der Waals surface area contributed by atoms with Gasteiger partial charge >= 0.3 is 6.18 Å². The van der Waals surface area contributed by atoms with Crippen molar-refractivity contribution in [1.82, 2.24) is 54.9 Å². The third-order valence-electron chi connectivity index (χ3n) is 16.2. The predicted octanol–water partition coefficient (Wildman–Crippen LogP) is 21.1. The molecule has 8 aromatic carbocycles. The first kappa shape index (κ1) is 65.3. The van der Waals surface area contributed by atoms with Gasteiger partial charge in [0.2, 0.25) is 0 Å². The molecule has 0 unspecified atom stereocenters. The SMILES string of the molecule is Cc1[nH]c(-c2ccc(-c3ccccc3)s2)nc1-c1ccccc1.Cc1[nH]c(-c2ccc(-c3ccccc3N(C)C)o2)nc1-c1ccccc1.Cc1[nH]c(-c2cnn(-c3ccccc3)n2)nc1-c1ccccc1.Cc1[nH]c(-c2coc(-c3ccccc3C(F)(F)F)c2)nc1-c1ccccc1. The maximum absolute atomic E-state index is 13.2. The quantitative estimate of drug-likeness (QED) is 0.0876. The van der Waals surface area contributed by atoms with E-state index in [1.54, 1.807) is 34.5 Å². The van der Waals surface area contributed by atoms with Crippen molar-refractivity contribution in [3.05, 3.63) is 302 Å². The van der Waals surface area contributed by atoms with Crippen LogP contribution in [-0.4, -0.2) is 69.0 Å². The van der Waals surface area contributed by atoms with E-state index in [4.69, 9.17) is 18.8 Å². The predicted molar refractivity (Wildman–Crippen MR) is 390 cm³/mol. The maximum atomic E-state index is 13.2. The van der Waals surface area contributed by atoms with E-state index in [9.17, 15) is 13.2 Å². The summed E-state index contributed by atoms with van der Waals surface area (Å²) in [5, 5.41) is 8.83. The molecule has 0 aliphatic heterocycles. The van der Waals surface area contributed by atoms with Gasteiger partial charge in [-0.2, -0.15) is 23.1 Å². The van der Waals surface area contributed by atoms with Crippen molar-refractivity contribution in [3.8, 4) is 129 Å². The van der Waals surface area contributed by atoms with Crippen LogP contribution in [0.5, 0.6) is 0 Å². The molecule has 8 aromatic heterocycles. The lowest BCUT2D eigenvalue weighted by atomic mass is 10.0. The average Bonchev–Trinajstić information content (AvgIpc) is 1.75. The molecule has 0 saturated carbocycles. The molecule has 0 bridgehead atoms. The average molecular weight is 1330 g/mol. The zero-order chi connectivity index (χ0) is 68.4. The molecular weight excluding hydrogens is 1260 g/mol. The van der Waals surface area contributed by atoms with E-state index in [1.807, 2.05) is 193 Å². The van der Waals surface area contributed by atoms with E-state index in [-0.39, 0.29) is 11.3 Å². The van der Waals surface area contributed by atoms with Gasteiger partial charge in [-0.25, -0.2) is 19.9 Å². The van der Waals surface area contributed by atoms with E-state index in [0.29, 0.717) is 11.4 Å². The van der Waals surface area contributed by atoms with E-state index >= 15 is 0 Å². The Morgan fingerprint density at radius 2 is 0.828 bits per heavy atom. The van der Waals surface area contributed by atoms with Crippen molar-refractivity contribution in [2.75, 3.05) is 19.0 Å². The van der Waals surface area contributed by atoms with Crippen LogP contribution in [0.15, 0.2) is 282 Å². The van der Waals surface area contributed by atoms with Crippen molar-refractivity contribution in [1.29, 1.82) is 0 Å². The molecule has 4 N–H and O–H groups in total. The van der Waals surface area contributed by atoms with E-state index in [0.717, 1.165) is 130 Å². The topological polar surface area (TPSA) is 175 Å². The molecule has 16 aromatic rings. The second-order valence-corrected chi connectivity index (χ2v) is 24.5. The molecule has 99 heavy (non-hydrogen) atoms. The first-order valence-electron chi connectivity index (χ1n) is 31.9. The highest BCUT2D eigenvalue weighted by molar-refractivity contribution is 7.18. The van der Waals surface area contributed by atoms with Gasteiger partial charge < -0.3 is 33.7 Å². The van der Waals surface area contributed by atoms with Gasteiger partial charge in [0.25, 0.3) is 0 Å². The Labute approximate surface area is 574 Å². The van der Waals surface area contributed by atoms with Crippen molar-refractivity contribution in [3.63, 3.8) is 0 Å². The fourth-order valence-electron chi connectivity index (χ4n) is 11.4. The van der Waals surface area contributed by atoms with Crippen LogP contribution in [0.3, 0.4) is 0 Å². The number of benzene rings is 8. The lowest BCUT2D eigenvalue weighted by Gasteiger charge is -2.15. The number of furan rings is 2. The lowest BCUT2D eigenvalue weighted by molar-refractivity contribution is -0.137. The lowest BCUT2D eigenvalue weighted by Crippen LogP contribution is -2.09. The fraction of sp³-hybridized carbons (Fsp3) is 0.0864. The Morgan fingerprint density at radius 1 is 0.404 bits per heavy atom. The minimum absolute atomic E-state index is 0.00260. The number of thiophene rings is 1. The number of alkyl halides is 3. The minimum atomic E-state index is -4.45. The van der Waals surface area contributed by atoms with Gasteiger partial charge in [0.1, 0.15) is 35.1 Å². The highest BCUT2D eigenvalue weighted by atomic mass is 32.1. The molecule has 8 heterocycles. The molecule has 0 aliphatic carbocycles. The van der Waals surface area contributed by atoms with Crippen molar-refractivity contribution in [2.45, 2.75) is 33.9 Å². The van der Waals surface area contributed by atoms with Crippen LogP contribution in [0.1, 0.15) is 28.3 Å². The molecule has 14 nitrogen and oxygen atoms in total. The van der Waals surface area contributed by atoms with Gasteiger partial charge in [0, 0.05) is 80.8 Å². The third kappa shape index (κ3) is 15.0. The van der Waals surface area contributed by atoms with Crippen LogP contribution in [-0.2, 0) is 6.18 Å². The number of hydrogen-bond donors (Lipinski definition) is 4. The van der Waals surface area contributed by atoms with Crippen LogP contribution >= 0.6 is 11.3 Å². The number of aryl methyl sites for hydroxylation is 4. The summed E-state index contributed by atoms with van der Waals surface area (Å²) >= 11 is 1.76. The smallest absolute Gasteiger partial charge is 0.417 e. The number of nitrogens with one attached hydrogen (secondary N) is 4. The maximum Gasteiger partial charge on any atom is 0.417 e. The summed E-state index contributed by atoms with van der Waals surface area (Å²) in [4.78, 5) is 38.2. The van der Waals surface area contributed by atoms with Gasteiger partial charge in [-0.15, -0.1) is 16.4 Å². The number of rotatable bonds is 13. The monoisotopic (exact) mass is 1330 g/mol. The second-order valence-electron chi connectivity index (χ2n) is 23.4. The minimum Gasteiger partial charge on any atom is -0.464 e. The summed E-state index contributed by atoms with van der Waals surface area (Å²) in [6, 6.07) is 83.9. The molecule has 16 rings (SSSR count). The number of imidazole rings is 4. The van der Waals surface area contributed by atoms with E-state index in [2.05, 4.69) is 125 Å². The highest BCUT2D eigenvalue weighted by Gasteiger charge is 2.34. The van der Waals surface area contributed by atoms with Gasteiger partial charge in [0.15, 0.2) is 17.4 Å². The summed E-state index contributed by atoms with van der Waals surface area (Å²) in [5.41, 5.74) is 16.9. The number of nitrogens with zero attached hydrogens (tertiary/aromatic N) is 8. The van der Waals surface area contributed by atoms with Crippen molar-refractivity contribution < 1.29 is 22.0 Å². The van der Waals surface area contributed by atoms with Gasteiger partial charge in [0.05, 0.1) is 50.7 Å². The molecule has 0 aliphatic rings. The summed E-state index contributed by atoms with van der Waals surface area (Å²) in [5.74, 6) is 4.67. The number of para-hydroxylation sites is 2. The Balaban J connectivity index is 0.000000119. The van der Waals surface area contributed by atoms with Crippen molar-refractivity contribution in [2.24, 2.45) is 0 Å². The molecule has 0 amide bonds. The van der Waals surface area contributed by atoms with Gasteiger partial charge in [-0.05, 0) is 93.9 Å². The summed E-state index contributed by atoms with van der Waals surface area (Å²) < 4.78 is 51.3. The Morgan fingerprint density at radius 3 is 1.37 bits per heavy atom. The molecular formula is C81H67F3N12O2S. The molecule has 0 atom stereocenters. The van der Waals surface area contributed by atoms with Crippen molar-refractivity contribution >= 4 is 17.0 Å². The Hall–Kier alpha value is -12.4. The molecule has 0 fully saturated rings. The number of anilines is 1. The molecule has 0 spiro atoms. The number of aromatic amines is 4. The Kier molecular flexibility index (Phi) is 19.3. The van der Waals surface area contributed by atoms with Gasteiger partial charge in [-0.1, -0.05) is 200 Å². The standard InChI is InChI=1S/C22H21N3O.C21H15F3N2O.C20H16N2S.C18H15N5/c1-15-21(16-9-5-4-6-10-16)24-22(23-15)20-14-13-19(26-20)17-11-7-8-12-18(17)25(2)3;1-13-19(14-7-3-2-4-8-14)26-20(25-13)15-11-18(27-12-15)16-9-5-6-10-17(16)21(22,23)24;1-14-19(16-10-6-3-7-11-16)22-20(21-14)18-13-12-17(23-18)15-8-4-2-5-9-15;1-13-17(14-8-4-2-5-9-14)21-18(20-13)16-12-19-23(22-16)15-10-6-3-7-11-15/h4-14H,1-3H3,(H,23,24);2-12H,1H3,(H,25,26);2-13H,1H3,(H,21,22);2-12H,1H3,(H,20,21).